The zero-order valence-corrected chi connectivity index (χ0v) is 9.80. The highest BCUT2D eigenvalue weighted by molar-refractivity contribution is 5.90. The van der Waals surface area contributed by atoms with Gasteiger partial charge in [-0.2, -0.15) is 0 Å². The van der Waals surface area contributed by atoms with Crippen molar-refractivity contribution >= 4 is 17.0 Å². The monoisotopic (exact) mass is 234 g/mol. The van der Waals surface area contributed by atoms with E-state index in [4.69, 9.17) is 0 Å². The van der Waals surface area contributed by atoms with Crippen LogP contribution in [-0.2, 0) is 6.54 Å². The molecule has 6 nitrogen and oxygen atoms in total. The minimum Gasteiger partial charge on any atom is -0.545 e. The molecule has 0 saturated carbocycles. The van der Waals surface area contributed by atoms with Gasteiger partial charge in [-0.15, -0.1) is 5.10 Å². The van der Waals surface area contributed by atoms with Crippen LogP contribution in [0.15, 0.2) is 18.2 Å². The summed E-state index contributed by atoms with van der Waals surface area (Å²) in [5, 5.41) is 18.7. The molecule has 1 aromatic heterocycles. The molecule has 1 N–H and O–H groups in total. The lowest BCUT2D eigenvalue weighted by Gasteiger charge is -2.07. The van der Waals surface area contributed by atoms with Crippen LogP contribution >= 0.6 is 0 Å². The number of aromatic carboxylic acids is 1. The summed E-state index contributed by atoms with van der Waals surface area (Å²) in [4.78, 5) is 12.0. The van der Waals surface area contributed by atoms with Crippen LogP contribution in [-0.4, -0.2) is 41.6 Å². The molecule has 0 amide bonds. The largest absolute Gasteiger partial charge is 0.545 e. The van der Waals surface area contributed by atoms with E-state index in [9.17, 15) is 9.90 Å². The number of likely N-dealkylation sites (N-methyl/N-ethyl adjacent to an activating group) is 1. The maximum Gasteiger partial charge on any atom is 0.113 e. The number of hydrogen-bond donors (Lipinski definition) is 1. The van der Waals surface area contributed by atoms with E-state index in [0.29, 0.717) is 5.52 Å². The van der Waals surface area contributed by atoms with Gasteiger partial charge in [0, 0.05) is 0 Å². The third kappa shape index (κ3) is 2.42. The second kappa shape index (κ2) is 4.50. The molecule has 90 valence electrons. The van der Waals surface area contributed by atoms with E-state index in [0.717, 1.165) is 18.6 Å². The van der Waals surface area contributed by atoms with Gasteiger partial charge in [0.2, 0.25) is 0 Å². The number of hydrogen-bond acceptors (Lipinski definition) is 4. The summed E-state index contributed by atoms with van der Waals surface area (Å²) >= 11 is 0. The highest BCUT2D eigenvalue weighted by Gasteiger charge is 2.06. The molecule has 1 aromatic carbocycles. The van der Waals surface area contributed by atoms with E-state index in [1.54, 1.807) is 10.7 Å². The molecule has 6 heteroatoms. The lowest BCUT2D eigenvalue weighted by molar-refractivity contribution is -0.859. The number of nitrogens with zero attached hydrogens (tertiary/aromatic N) is 3. The van der Waals surface area contributed by atoms with Crippen molar-refractivity contribution in [3.63, 3.8) is 0 Å². The topological polar surface area (TPSA) is 75.3 Å². The second-order valence-corrected chi connectivity index (χ2v) is 4.26. The molecule has 2 aromatic rings. The minimum absolute atomic E-state index is 0.128. The van der Waals surface area contributed by atoms with Gasteiger partial charge < -0.3 is 14.8 Å². The maximum atomic E-state index is 10.7. The maximum absolute atomic E-state index is 10.7. The molecule has 2 rings (SSSR count). The van der Waals surface area contributed by atoms with Gasteiger partial charge in [0.25, 0.3) is 0 Å². The molecule has 0 atom stereocenters. The van der Waals surface area contributed by atoms with Crippen molar-refractivity contribution in [2.75, 3.05) is 20.6 Å². The van der Waals surface area contributed by atoms with Gasteiger partial charge in [-0.1, -0.05) is 11.3 Å². The lowest BCUT2D eigenvalue weighted by Crippen LogP contribution is -3.06. The van der Waals surface area contributed by atoms with Crippen LogP contribution in [0.1, 0.15) is 10.4 Å². The second-order valence-electron chi connectivity index (χ2n) is 4.26. The molecule has 0 aliphatic carbocycles. The molecule has 0 saturated heterocycles. The number of quaternary nitrogens is 1. The summed E-state index contributed by atoms with van der Waals surface area (Å²) in [5.74, 6) is -1.20. The minimum atomic E-state index is -1.20. The molecule has 0 aliphatic heterocycles. The number of fused-ring (bicyclic) bond motifs is 1. The first-order valence-electron chi connectivity index (χ1n) is 5.41. The Bertz CT molecular complexity index is 547. The van der Waals surface area contributed by atoms with Crippen molar-refractivity contribution < 1.29 is 14.8 Å². The lowest BCUT2D eigenvalue weighted by atomic mass is 10.2. The number of nitrogens with one attached hydrogen (secondary N) is 1. The Morgan fingerprint density at radius 2 is 2.24 bits per heavy atom. The number of carbonyl (C=O) groups is 1. The summed E-state index contributed by atoms with van der Waals surface area (Å²) in [6.07, 6.45) is 0. The first-order valence-corrected chi connectivity index (χ1v) is 5.41. The Morgan fingerprint density at radius 1 is 1.47 bits per heavy atom. The summed E-state index contributed by atoms with van der Waals surface area (Å²) in [6, 6.07) is 4.71. The van der Waals surface area contributed by atoms with Crippen LogP contribution < -0.4 is 10.0 Å². The Kier molecular flexibility index (Phi) is 3.06. The van der Waals surface area contributed by atoms with E-state index in [-0.39, 0.29) is 5.56 Å². The average Bonchev–Trinajstić information content (AvgIpc) is 2.68. The molecule has 0 spiro atoms. The molecule has 0 fully saturated rings. The fourth-order valence-electron chi connectivity index (χ4n) is 1.59. The third-order valence-corrected chi connectivity index (χ3v) is 2.57. The number of aromatic nitrogens is 3. The summed E-state index contributed by atoms with van der Waals surface area (Å²) in [6.45, 7) is 1.68. The number of carbonyl (C=O) groups excluding carboxylic acids is 1. The molecule has 0 aliphatic rings. The fraction of sp³-hybridized carbons (Fsp3) is 0.364. The zero-order valence-electron chi connectivity index (χ0n) is 9.80. The Balaban J connectivity index is 2.31. The van der Waals surface area contributed by atoms with Crippen LogP contribution in [0.5, 0.6) is 0 Å². The van der Waals surface area contributed by atoms with E-state index in [1.165, 1.54) is 17.0 Å². The van der Waals surface area contributed by atoms with E-state index in [1.807, 2.05) is 0 Å². The average molecular weight is 234 g/mol. The van der Waals surface area contributed by atoms with Crippen molar-refractivity contribution in [3.8, 4) is 0 Å². The van der Waals surface area contributed by atoms with Crippen molar-refractivity contribution in [3.05, 3.63) is 23.8 Å². The summed E-state index contributed by atoms with van der Waals surface area (Å²) in [7, 11) is 4.13. The molecule has 0 bridgehead atoms. The summed E-state index contributed by atoms with van der Waals surface area (Å²) in [5.41, 5.74) is 1.56. The highest BCUT2D eigenvalue weighted by atomic mass is 16.4. The first kappa shape index (κ1) is 11.5. The van der Waals surface area contributed by atoms with Gasteiger partial charge in [-0.3, -0.25) is 0 Å². The first-order chi connectivity index (χ1) is 8.08. The van der Waals surface area contributed by atoms with Crippen molar-refractivity contribution in [2.45, 2.75) is 6.54 Å². The zero-order chi connectivity index (χ0) is 12.4. The Labute approximate surface area is 98.4 Å². The van der Waals surface area contributed by atoms with Crippen molar-refractivity contribution in [1.29, 1.82) is 0 Å². The SMILES string of the molecule is C[NH+](C)CCn1nnc2cc(C(=O)[O-])ccc21. The molecule has 0 unspecified atom stereocenters. The van der Waals surface area contributed by atoms with Crippen molar-refractivity contribution in [1.82, 2.24) is 15.0 Å². The third-order valence-electron chi connectivity index (χ3n) is 2.57. The van der Waals surface area contributed by atoms with E-state index < -0.39 is 5.97 Å². The number of carboxylic acid groups (broad SMARTS) is 1. The molecule has 0 radical (unpaired) electrons. The van der Waals surface area contributed by atoms with Gasteiger partial charge in [0.1, 0.15) is 5.52 Å². The quantitative estimate of drug-likeness (QED) is 0.660. The van der Waals surface area contributed by atoms with Gasteiger partial charge in [0.05, 0.1) is 38.7 Å². The van der Waals surface area contributed by atoms with E-state index in [2.05, 4.69) is 24.4 Å². The Hall–Kier alpha value is -1.95. The normalized spacial score (nSPS) is 11.2. The van der Waals surface area contributed by atoms with Crippen LogP contribution in [0.4, 0.5) is 0 Å². The van der Waals surface area contributed by atoms with E-state index >= 15 is 0 Å². The number of carboxylic acids is 1. The molecular weight excluding hydrogens is 220 g/mol. The van der Waals surface area contributed by atoms with Crippen LogP contribution in [0, 0.1) is 0 Å². The fourth-order valence-corrected chi connectivity index (χ4v) is 1.59. The van der Waals surface area contributed by atoms with Gasteiger partial charge in [0.15, 0.2) is 0 Å². The standard InChI is InChI=1S/C11H14N4O2/c1-14(2)5-6-15-10-4-3-8(11(16)17)7-9(10)12-13-15/h3-4,7H,5-6H2,1-2H3,(H,16,17). The highest BCUT2D eigenvalue weighted by Crippen LogP contribution is 2.12. The molecule has 1 heterocycles. The predicted molar refractivity (Wildman–Crippen MR) is 59.5 cm³/mol. The van der Waals surface area contributed by atoms with Gasteiger partial charge >= 0.3 is 0 Å². The predicted octanol–water partition coefficient (Wildman–Crippen LogP) is -2.06. The van der Waals surface area contributed by atoms with Gasteiger partial charge in [-0.25, -0.2) is 4.68 Å². The number of benzene rings is 1. The summed E-state index contributed by atoms with van der Waals surface area (Å²) < 4.78 is 1.78. The Morgan fingerprint density at radius 3 is 2.88 bits per heavy atom. The molecular formula is C11H14N4O2. The van der Waals surface area contributed by atoms with Crippen LogP contribution in [0.25, 0.3) is 11.0 Å². The number of rotatable bonds is 4. The van der Waals surface area contributed by atoms with Gasteiger partial charge in [-0.05, 0) is 17.7 Å². The van der Waals surface area contributed by atoms with Crippen LogP contribution in [0.3, 0.4) is 0 Å². The molecule has 17 heavy (non-hydrogen) atoms. The van der Waals surface area contributed by atoms with Crippen LogP contribution in [0.2, 0.25) is 0 Å². The van der Waals surface area contributed by atoms with Crippen molar-refractivity contribution in [2.24, 2.45) is 0 Å². The smallest absolute Gasteiger partial charge is 0.113 e.